The lowest BCUT2D eigenvalue weighted by molar-refractivity contribution is -0.384. The minimum atomic E-state index is -0.626. The summed E-state index contributed by atoms with van der Waals surface area (Å²) in [7, 11) is 0. The van der Waals surface area contributed by atoms with Crippen LogP contribution in [0.15, 0.2) is 88.8 Å². The fourth-order valence-corrected chi connectivity index (χ4v) is 3.61. The highest BCUT2D eigenvalue weighted by atomic mass is 32.2. The van der Waals surface area contributed by atoms with Crippen LogP contribution in [0.2, 0.25) is 0 Å². The molecule has 9 heteroatoms. The quantitative estimate of drug-likeness (QED) is 0.200. The molecule has 0 bridgehead atoms. The lowest BCUT2D eigenvalue weighted by atomic mass is 10.2. The third kappa shape index (κ3) is 5.08. The minimum Gasteiger partial charge on any atom is -0.423 e. The van der Waals surface area contributed by atoms with Gasteiger partial charge in [-0.2, -0.15) is 0 Å². The first kappa shape index (κ1) is 21.0. The Morgan fingerprint density at radius 1 is 1.00 bits per heavy atom. The maximum atomic E-state index is 12.2. The average Bonchev–Trinajstić information content (AvgIpc) is 3.14. The molecule has 0 unspecified atom stereocenters. The fraction of sp³-hybridized carbons (Fsp3) is 0. The monoisotopic (exact) mass is 445 g/mol. The van der Waals surface area contributed by atoms with Gasteiger partial charge in [0, 0.05) is 12.1 Å². The number of para-hydroxylation sites is 1. The van der Waals surface area contributed by atoms with Crippen molar-refractivity contribution in [1.82, 2.24) is 5.32 Å². The van der Waals surface area contributed by atoms with E-state index in [1.807, 2.05) is 30.3 Å². The Morgan fingerprint density at radius 3 is 2.34 bits per heavy atom. The lowest BCUT2D eigenvalue weighted by Gasteiger charge is -2.05. The summed E-state index contributed by atoms with van der Waals surface area (Å²) in [6.45, 7) is 0. The van der Waals surface area contributed by atoms with Crippen LogP contribution in [0, 0.1) is 10.1 Å². The van der Waals surface area contributed by atoms with Crippen molar-refractivity contribution in [2.45, 2.75) is 0 Å². The van der Waals surface area contributed by atoms with Gasteiger partial charge in [0.15, 0.2) is 5.17 Å². The summed E-state index contributed by atoms with van der Waals surface area (Å²) in [5.74, 6) is -0.554. The van der Waals surface area contributed by atoms with Gasteiger partial charge in [0.25, 0.3) is 11.6 Å². The highest BCUT2D eigenvalue weighted by Crippen LogP contribution is 2.28. The summed E-state index contributed by atoms with van der Waals surface area (Å²) >= 11 is 1.24. The predicted molar refractivity (Wildman–Crippen MR) is 122 cm³/mol. The Hall–Kier alpha value is -4.24. The maximum Gasteiger partial charge on any atom is 0.343 e. The number of ether oxygens (including phenoxy) is 1. The van der Waals surface area contributed by atoms with Gasteiger partial charge >= 0.3 is 5.97 Å². The van der Waals surface area contributed by atoms with E-state index >= 15 is 0 Å². The second kappa shape index (κ2) is 9.27. The van der Waals surface area contributed by atoms with Gasteiger partial charge in [-0.1, -0.05) is 30.3 Å². The number of benzene rings is 3. The van der Waals surface area contributed by atoms with Crippen LogP contribution in [0.1, 0.15) is 15.9 Å². The Balaban J connectivity index is 1.41. The van der Waals surface area contributed by atoms with Crippen molar-refractivity contribution >= 4 is 46.3 Å². The number of carbonyl (C=O) groups excluding carboxylic acids is 2. The molecule has 158 valence electrons. The van der Waals surface area contributed by atoms with Crippen molar-refractivity contribution in [3.63, 3.8) is 0 Å². The lowest BCUT2D eigenvalue weighted by Crippen LogP contribution is -2.19. The molecular formula is C23H15N3O5S. The molecular weight excluding hydrogens is 430 g/mol. The van der Waals surface area contributed by atoms with Crippen LogP contribution in [0.3, 0.4) is 0 Å². The number of nitrogens with zero attached hydrogens (tertiary/aromatic N) is 2. The zero-order valence-corrected chi connectivity index (χ0v) is 17.2. The number of hydrogen-bond acceptors (Lipinski definition) is 7. The molecule has 1 saturated heterocycles. The first-order valence-electron chi connectivity index (χ1n) is 9.39. The number of nitro groups is 1. The van der Waals surface area contributed by atoms with Gasteiger partial charge in [-0.25, -0.2) is 9.79 Å². The number of carbonyl (C=O) groups is 2. The van der Waals surface area contributed by atoms with Gasteiger partial charge in [0.05, 0.1) is 21.1 Å². The summed E-state index contributed by atoms with van der Waals surface area (Å²) in [5.41, 5.74) is 1.59. The van der Waals surface area contributed by atoms with Crippen molar-refractivity contribution < 1.29 is 19.2 Å². The minimum absolute atomic E-state index is 0.107. The number of amidine groups is 1. The van der Waals surface area contributed by atoms with E-state index in [2.05, 4.69) is 10.3 Å². The average molecular weight is 445 g/mol. The summed E-state index contributed by atoms with van der Waals surface area (Å²) in [4.78, 5) is 39.5. The van der Waals surface area contributed by atoms with Crippen LogP contribution in [0.4, 0.5) is 11.4 Å². The Labute approximate surface area is 186 Å². The zero-order chi connectivity index (χ0) is 22.5. The molecule has 1 N–H and O–H groups in total. The zero-order valence-electron chi connectivity index (χ0n) is 16.4. The van der Waals surface area contributed by atoms with E-state index in [1.54, 1.807) is 30.3 Å². The van der Waals surface area contributed by atoms with Gasteiger partial charge in [0.2, 0.25) is 0 Å². The number of nitro benzene ring substituents is 1. The molecule has 3 aromatic carbocycles. The molecule has 1 aliphatic rings. The van der Waals surface area contributed by atoms with Crippen LogP contribution in [-0.2, 0) is 4.79 Å². The van der Waals surface area contributed by atoms with E-state index in [1.165, 1.54) is 36.0 Å². The summed E-state index contributed by atoms with van der Waals surface area (Å²) < 4.78 is 5.30. The number of nitrogens with one attached hydrogen (secondary N) is 1. The molecule has 0 spiro atoms. The van der Waals surface area contributed by atoms with E-state index in [4.69, 9.17) is 4.74 Å². The molecule has 1 heterocycles. The van der Waals surface area contributed by atoms with Crippen molar-refractivity contribution in [3.05, 3.63) is 105 Å². The first-order valence-corrected chi connectivity index (χ1v) is 10.2. The molecule has 1 fully saturated rings. The third-order valence-corrected chi connectivity index (χ3v) is 5.25. The van der Waals surface area contributed by atoms with Crippen molar-refractivity contribution in [2.24, 2.45) is 4.99 Å². The number of aliphatic imine (C=N–C) groups is 1. The van der Waals surface area contributed by atoms with E-state index < -0.39 is 10.9 Å². The molecule has 3 aromatic rings. The van der Waals surface area contributed by atoms with Crippen molar-refractivity contribution in [3.8, 4) is 5.75 Å². The second-order valence-corrected chi connectivity index (χ2v) is 7.61. The van der Waals surface area contributed by atoms with E-state index in [0.717, 1.165) is 11.3 Å². The van der Waals surface area contributed by atoms with Gasteiger partial charge in [-0.05, 0) is 59.8 Å². The third-order valence-electron chi connectivity index (χ3n) is 4.34. The number of esters is 1. The normalized spacial score (nSPS) is 15.6. The molecule has 0 radical (unpaired) electrons. The number of hydrogen-bond donors (Lipinski definition) is 1. The Kier molecular flexibility index (Phi) is 6.09. The van der Waals surface area contributed by atoms with Gasteiger partial charge < -0.3 is 10.1 Å². The van der Waals surface area contributed by atoms with E-state index in [-0.39, 0.29) is 17.2 Å². The van der Waals surface area contributed by atoms with Gasteiger partial charge in [-0.3, -0.25) is 14.9 Å². The maximum absolute atomic E-state index is 12.2. The predicted octanol–water partition coefficient (Wildman–Crippen LogP) is 4.71. The highest BCUT2D eigenvalue weighted by molar-refractivity contribution is 8.18. The number of amides is 1. The smallest absolute Gasteiger partial charge is 0.343 e. The molecule has 0 aliphatic carbocycles. The number of non-ortho nitro benzene ring substituents is 1. The molecule has 0 saturated carbocycles. The fourth-order valence-electron chi connectivity index (χ4n) is 2.77. The van der Waals surface area contributed by atoms with Crippen LogP contribution < -0.4 is 10.1 Å². The van der Waals surface area contributed by atoms with E-state index in [0.29, 0.717) is 15.8 Å². The van der Waals surface area contributed by atoms with Crippen LogP contribution >= 0.6 is 11.8 Å². The molecule has 0 atom stereocenters. The Bertz CT molecular complexity index is 1240. The molecule has 8 nitrogen and oxygen atoms in total. The number of thioether (sulfide) groups is 1. The first-order chi connectivity index (χ1) is 15.5. The summed E-state index contributed by atoms with van der Waals surface area (Å²) in [6, 6.07) is 21.1. The van der Waals surface area contributed by atoms with Crippen molar-refractivity contribution in [2.75, 3.05) is 0 Å². The Morgan fingerprint density at radius 2 is 1.69 bits per heavy atom. The van der Waals surface area contributed by atoms with Gasteiger partial charge in [0.1, 0.15) is 5.75 Å². The molecule has 0 aromatic heterocycles. The highest BCUT2D eigenvalue weighted by Gasteiger charge is 2.23. The van der Waals surface area contributed by atoms with Gasteiger partial charge in [-0.15, -0.1) is 0 Å². The van der Waals surface area contributed by atoms with Crippen LogP contribution in [-0.4, -0.2) is 22.0 Å². The summed E-state index contributed by atoms with van der Waals surface area (Å²) in [6.07, 6.45) is 1.72. The largest absolute Gasteiger partial charge is 0.423 e. The van der Waals surface area contributed by atoms with Crippen molar-refractivity contribution in [1.29, 1.82) is 0 Å². The van der Waals surface area contributed by atoms with Crippen LogP contribution in [0.5, 0.6) is 5.75 Å². The molecule has 1 aliphatic heterocycles. The SMILES string of the molecule is O=C1NC(=Nc2ccccc2)S/C1=C/c1ccc(OC(=O)c2ccc([N+](=O)[O-])cc2)cc1. The molecule has 32 heavy (non-hydrogen) atoms. The summed E-state index contributed by atoms with van der Waals surface area (Å²) in [5, 5.41) is 13.9. The number of rotatable bonds is 5. The van der Waals surface area contributed by atoms with E-state index in [9.17, 15) is 19.7 Å². The topological polar surface area (TPSA) is 111 Å². The second-order valence-electron chi connectivity index (χ2n) is 6.58. The van der Waals surface area contributed by atoms with Crippen LogP contribution in [0.25, 0.3) is 6.08 Å². The molecule has 4 rings (SSSR count). The molecule has 1 amide bonds. The standard InChI is InChI=1S/C23H15N3O5S/c27-21-20(32-23(25-21)24-17-4-2-1-3-5-17)14-15-6-12-19(13-7-15)31-22(28)16-8-10-18(11-9-16)26(29)30/h1-14H,(H,24,25,27)/b20-14+.